The van der Waals surface area contributed by atoms with Crippen molar-refractivity contribution in [1.82, 2.24) is 0 Å². The fourth-order valence-electron chi connectivity index (χ4n) is 2.35. The molecule has 0 amide bonds. The number of anilines is 2. The zero-order valence-corrected chi connectivity index (χ0v) is 13.3. The smallest absolute Gasteiger partial charge is 0.186 e. The van der Waals surface area contributed by atoms with E-state index in [1.165, 1.54) is 0 Å². The van der Waals surface area contributed by atoms with Crippen molar-refractivity contribution in [3.8, 4) is 11.5 Å². The largest absolute Gasteiger partial charge is 0.483 e. The monoisotopic (exact) mass is 320 g/mol. The van der Waals surface area contributed by atoms with Crippen LogP contribution >= 0.6 is 0 Å². The van der Waals surface area contributed by atoms with E-state index < -0.39 is 0 Å². The highest BCUT2D eigenvalue weighted by Crippen LogP contribution is 2.39. The molecule has 3 aromatic carbocycles. The van der Waals surface area contributed by atoms with Crippen molar-refractivity contribution in [2.75, 3.05) is 11.5 Å². The topological polar surface area (TPSA) is 70.5 Å². The van der Waals surface area contributed by atoms with Gasteiger partial charge in [0.15, 0.2) is 11.5 Å². The second-order valence-electron chi connectivity index (χ2n) is 5.45. The third-order valence-corrected chi connectivity index (χ3v) is 3.63. The standard InChI is InChI=1S/C20H20N2O2/c21-17-11-12-18(22)20(24-14-16-9-5-2-6-10-16)19(17)23-13-15-7-3-1-4-8-15/h1-12H,13-14,21-22H2. The molecule has 0 aliphatic rings. The minimum atomic E-state index is 0.399. The lowest BCUT2D eigenvalue weighted by Crippen LogP contribution is -2.05. The third kappa shape index (κ3) is 3.79. The van der Waals surface area contributed by atoms with E-state index in [4.69, 9.17) is 20.9 Å². The fraction of sp³-hybridized carbons (Fsp3) is 0.100. The van der Waals surface area contributed by atoms with E-state index in [2.05, 4.69) is 0 Å². The Kier molecular flexibility index (Phi) is 4.87. The molecule has 4 nitrogen and oxygen atoms in total. The van der Waals surface area contributed by atoms with Crippen LogP contribution in [0.5, 0.6) is 11.5 Å². The highest BCUT2D eigenvalue weighted by molar-refractivity contribution is 5.70. The fourth-order valence-corrected chi connectivity index (χ4v) is 2.35. The molecule has 0 unspecified atom stereocenters. The average Bonchev–Trinajstić information content (AvgIpc) is 2.63. The summed E-state index contributed by atoms with van der Waals surface area (Å²) in [6.07, 6.45) is 0. The Morgan fingerprint density at radius 1 is 0.542 bits per heavy atom. The molecule has 0 aliphatic carbocycles. The summed E-state index contributed by atoms with van der Waals surface area (Å²) in [5.74, 6) is 0.963. The van der Waals surface area contributed by atoms with Crippen molar-refractivity contribution in [2.24, 2.45) is 0 Å². The Balaban J connectivity index is 1.78. The molecule has 0 spiro atoms. The molecule has 0 heterocycles. The first kappa shape index (κ1) is 15.7. The number of rotatable bonds is 6. The maximum absolute atomic E-state index is 6.06. The summed E-state index contributed by atoms with van der Waals surface area (Å²) >= 11 is 0. The summed E-state index contributed by atoms with van der Waals surface area (Å²) in [7, 11) is 0. The van der Waals surface area contributed by atoms with Crippen molar-refractivity contribution in [2.45, 2.75) is 13.2 Å². The van der Waals surface area contributed by atoms with Crippen LogP contribution in [0.1, 0.15) is 11.1 Å². The van der Waals surface area contributed by atoms with Crippen molar-refractivity contribution >= 4 is 11.4 Å². The Morgan fingerprint density at radius 2 is 0.917 bits per heavy atom. The molecular weight excluding hydrogens is 300 g/mol. The number of nitrogens with two attached hydrogens (primary N) is 2. The first-order valence-electron chi connectivity index (χ1n) is 7.75. The molecule has 0 saturated carbocycles. The van der Waals surface area contributed by atoms with Gasteiger partial charge >= 0.3 is 0 Å². The van der Waals surface area contributed by atoms with Crippen LogP contribution in [0.15, 0.2) is 72.8 Å². The van der Waals surface area contributed by atoms with Gasteiger partial charge in [-0.05, 0) is 23.3 Å². The van der Waals surface area contributed by atoms with Crippen molar-refractivity contribution in [3.63, 3.8) is 0 Å². The number of hydrogen-bond donors (Lipinski definition) is 2. The van der Waals surface area contributed by atoms with E-state index in [9.17, 15) is 0 Å². The van der Waals surface area contributed by atoms with E-state index in [0.29, 0.717) is 36.1 Å². The SMILES string of the molecule is Nc1ccc(N)c(OCc2ccccc2)c1OCc1ccccc1. The zero-order valence-electron chi connectivity index (χ0n) is 13.3. The van der Waals surface area contributed by atoms with Crippen LogP contribution in [-0.4, -0.2) is 0 Å². The van der Waals surface area contributed by atoms with E-state index in [-0.39, 0.29) is 0 Å². The maximum Gasteiger partial charge on any atom is 0.186 e. The number of ether oxygens (including phenoxy) is 2. The van der Waals surface area contributed by atoms with E-state index >= 15 is 0 Å². The zero-order chi connectivity index (χ0) is 16.8. The molecule has 4 N–H and O–H groups in total. The Labute approximate surface area is 141 Å². The highest BCUT2D eigenvalue weighted by atomic mass is 16.5. The molecule has 0 saturated heterocycles. The molecule has 0 bridgehead atoms. The van der Waals surface area contributed by atoms with Crippen LogP contribution in [0.4, 0.5) is 11.4 Å². The van der Waals surface area contributed by atoms with Crippen molar-refractivity contribution in [3.05, 3.63) is 83.9 Å². The van der Waals surface area contributed by atoms with E-state index in [1.54, 1.807) is 12.1 Å². The van der Waals surface area contributed by atoms with Gasteiger partial charge in [0.1, 0.15) is 13.2 Å². The molecule has 0 aliphatic heterocycles. The molecule has 0 atom stereocenters. The maximum atomic E-state index is 6.06. The average molecular weight is 320 g/mol. The second-order valence-corrected chi connectivity index (χ2v) is 5.45. The molecule has 3 rings (SSSR count). The van der Waals surface area contributed by atoms with Gasteiger partial charge < -0.3 is 20.9 Å². The van der Waals surface area contributed by atoms with Crippen LogP contribution in [0.3, 0.4) is 0 Å². The van der Waals surface area contributed by atoms with Crippen molar-refractivity contribution in [1.29, 1.82) is 0 Å². The minimum Gasteiger partial charge on any atom is -0.483 e. The second kappa shape index (κ2) is 7.42. The molecule has 24 heavy (non-hydrogen) atoms. The molecule has 4 heteroatoms. The summed E-state index contributed by atoms with van der Waals surface area (Å²) in [4.78, 5) is 0. The summed E-state index contributed by atoms with van der Waals surface area (Å²) in [5.41, 5.74) is 15.2. The van der Waals surface area contributed by atoms with Gasteiger partial charge in [-0.25, -0.2) is 0 Å². The minimum absolute atomic E-state index is 0.399. The van der Waals surface area contributed by atoms with Gasteiger partial charge in [0, 0.05) is 0 Å². The summed E-state index contributed by atoms with van der Waals surface area (Å²) in [6.45, 7) is 0.798. The predicted octanol–water partition coefficient (Wildman–Crippen LogP) is 4.01. The van der Waals surface area contributed by atoms with Crippen molar-refractivity contribution < 1.29 is 9.47 Å². The summed E-state index contributed by atoms with van der Waals surface area (Å²) < 4.78 is 11.8. The first-order chi connectivity index (χ1) is 11.7. The van der Waals surface area contributed by atoms with Gasteiger partial charge in [0.2, 0.25) is 0 Å². The number of hydrogen-bond acceptors (Lipinski definition) is 4. The van der Waals surface area contributed by atoms with Crippen LogP contribution in [0, 0.1) is 0 Å². The Morgan fingerprint density at radius 3 is 1.29 bits per heavy atom. The van der Waals surface area contributed by atoms with Gasteiger partial charge in [0.25, 0.3) is 0 Å². The normalized spacial score (nSPS) is 10.3. The first-order valence-corrected chi connectivity index (χ1v) is 7.75. The lowest BCUT2D eigenvalue weighted by Gasteiger charge is -2.16. The molecule has 0 radical (unpaired) electrons. The molecule has 0 aromatic heterocycles. The van der Waals surface area contributed by atoms with Gasteiger partial charge in [0.05, 0.1) is 11.4 Å². The lowest BCUT2D eigenvalue weighted by molar-refractivity contribution is 0.258. The van der Waals surface area contributed by atoms with E-state index in [1.807, 2.05) is 60.7 Å². The van der Waals surface area contributed by atoms with Crippen LogP contribution in [0.2, 0.25) is 0 Å². The third-order valence-electron chi connectivity index (χ3n) is 3.63. The van der Waals surface area contributed by atoms with Gasteiger partial charge in [-0.15, -0.1) is 0 Å². The van der Waals surface area contributed by atoms with E-state index in [0.717, 1.165) is 11.1 Å². The van der Waals surface area contributed by atoms with Gasteiger partial charge in [-0.1, -0.05) is 60.7 Å². The van der Waals surface area contributed by atoms with Gasteiger partial charge in [-0.3, -0.25) is 0 Å². The van der Waals surface area contributed by atoms with Crippen LogP contribution < -0.4 is 20.9 Å². The Bertz CT molecular complexity index is 721. The quantitative estimate of drug-likeness (QED) is 0.673. The number of nitrogen functional groups attached to an aromatic ring is 2. The predicted molar refractivity (Wildman–Crippen MR) is 96.8 cm³/mol. The lowest BCUT2D eigenvalue weighted by atomic mass is 10.2. The number of benzene rings is 3. The summed E-state index contributed by atoms with van der Waals surface area (Å²) in [6, 6.07) is 23.2. The summed E-state index contributed by atoms with van der Waals surface area (Å²) in [5, 5.41) is 0. The molecule has 0 fully saturated rings. The van der Waals surface area contributed by atoms with Crippen LogP contribution in [0.25, 0.3) is 0 Å². The highest BCUT2D eigenvalue weighted by Gasteiger charge is 2.14. The Hall–Kier alpha value is -3.14. The molecular formula is C20H20N2O2. The molecule has 122 valence electrons. The molecule has 3 aromatic rings. The van der Waals surface area contributed by atoms with Crippen LogP contribution in [-0.2, 0) is 13.2 Å². The van der Waals surface area contributed by atoms with Gasteiger partial charge in [-0.2, -0.15) is 0 Å².